The van der Waals surface area contributed by atoms with E-state index in [1.54, 1.807) is 0 Å². The molecule has 1 saturated heterocycles. The van der Waals surface area contributed by atoms with Crippen molar-refractivity contribution in [3.63, 3.8) is 0 Å². The summed E-state index contributed by atoms with van der Waals surface area (Å²) >= 11 is 0. The Labute approximate surface area is 409 Å². The van der Waals surface area contributed by atoms with Crippen LogP contribution in [0.3, 0.4) is 0 Å². The molecule has 384 valence electrons. The normalized spacial score (nSPS) is 20.5. The van der Waals surface area contributed by atoms with Crippen LogP contribution in [0.15, 0.2) is 97.2 Å². The fourth-order valence-electron chi connectivity index (χ4n) is 7.94. The van der Waals surface area contributed by atoms with Crippen molar-refractivity contribution in [2.24, 2.45) is 0 Å². The number of carbonyl (C=O) groups is 1. The minimum atomic E-state index is -1.56. The lowest BCUT2D eigenvalue weighted by Crippen LogP contribution is -2.60. The first-order chi connectivity index (χ1) is 32.8. The number of aliphatic hydroxyl groups is 5. The highest BCUT2D eigenvalue weighted by Crippen LogP contribution is 2.23. The molecule has 6 N–H and O–H groups in total. The monoisotopic (exact) mass is 938 g/mol. The van der Waals surface area contributed by atoms with Gasteiger partial charge in [0.1, 0.15) is 24.4 Å². The zero-order chi connectivity index (χ0) is 48.7. The van der Waals surface area contributed by atoms with Crippen molar-refractivity contribution in [2.45, 2.75) is 249 Å². The number of nitrogens with one attached hydrogen (secondary N) is 1. The molecule has 1 amide bonds. The highest BCUT2D eigenvalue weighted by molar-refractivity contribution is 5.76. The van der Waals surface area contributed by atoms with Crippen LogP contribution in [-0.2, 0) is 14.3 Å². The van der Waals surface area contributed by atoms with E-state index in [1.807, 2.05) is 0 Å². The molecule has 1 rings (SSSR count). The van der Waals surface area contributed by atoms with Gasteiger partial charge in [-0.2, -0.15) is 0 Å². The van der Waals surface area contributed by atoms with Gasteiger partial charge in [-0.1, -0.05) is 220 Å². The fraction of sp³-hybridized carbons (Fsp3) is 0.707. The Kier molecular flexibility index (Phi) is 43.4. The molecule has 0 spiro atoms. The molecule has 7 atom stereocenters. The molecule has 0 aromatic heterocycles. The second-order valence-corrected chi connectivity index (χ2v) is 18.3. The van der Waals surface area contributed by atoms with Crippen molar-refractivity contribution < 1.29 is 39.8 Å². The van der Waals surface area contributed by atoms with E-state index >= 15 is 0 Å². The summed E-state index contributed by atoms with van der Waals surface area (Å²) in [6, 6.07) is -0.725. The molecule has 0 aliphatic carbocycles. The van der Waals surface area contributed by atoms with E-state index in [2.05, 4.69) is 116 Å². The molecule has 1 heterocycles. The standard InChI is InChI=1S/C58H99NO8/c1-3-5-7-9-11-13-14-15-16-17-18-19-20-21-22-23-24-25-26-27-28-29-30-31-32-33-34-35-36-37-38-40-42-44-46-48-54(62)59-51(52(61)47-45-43-41-39-12-10-8-6-4-2)50-66-58-57(65)56(64)55(63)53(49-60)67-58/h5,7,11,13,15-16,18-19,21-22,24-25,27-28,30-31,51-53,55-58,60-61,63-65H,3-4,6,8-10,12,14,17,20,23,26,29,32-50H2,1-2H3,(H,59,62)/b7-5-,13-11-,16-15-,19-18-,22-21-,25-24-,28-27-,31-30-. The van der Waals surface area contributed by atoms with Gasteiger partial charge >= 0.3 is 0 Å². The number of hydrogen-bond acceptors (Lipinski definition) is 8. The number of unbranched alkanes of at least 4 members (excludes halogenated alkanes) is 18. The quantitative estimate of drug-likeness (QED) is 0.0261. The van der Waals surface area contributed by atoms with Gasteiger partial charge in [0.2, 0.25) is 5.91 Å². The van der Waals surface area contributed by atoms with Gasteiger partial charge in [0.15, 0.2) is 6.29 Å². The number of carbonyl (C=O) groups excluding carboxylic acids is 1. The molecule has 1 aliphatic rings. The van der Waals surface area contributed by atoms with E-state index < -0.39 is 49.5 Å². The average Bonchev–Trinajstić information content (AvgIpc) is 3.33. The number of hydrogen-bond donors (Lipinski definition) is 6. The summed E-state index contributed by atoms with van der Waals surface area (Å²) in [7, 11) is 0. The van der Waals surface area contributed by atoms with Gasteiger partial charge < -0.3 is 40.3 Å². The van der Waals surface area contributed by atoms with Crippen LogP contribution in [0.2, 0.25) is 0 Å². The molecule has 1 aliphatic heterocycles. The van der Waals surface area contributed by atoms with Crippen LogP contribution in [-0.4, -0.2) is 87.5 Å². The Bertz CT molecular complexity index is 1370. The Morgan fingerprint density at radius 1 is 0.522 bits per heavy atom. The zero-order valence-corrected chi connectivity index (χ0v) is 42.4. The maximum absolute atomic E-state index is 13.0. The maximum atomic E-state index is 13.0. The van der Waals surface area contributed by atoms with Gasteiger partial charge in [-0.3, -0.25) is 4.79 Å². The number of allylic oxidation sites excluding steroid dienone is 16. The van der Waals surface area contributed by atoms with Crippen molar-refractivity contribution in [2.75, 3.05) is 13.2 Å². The van der Waals surface area contributed by atoms with Crippen molar-refractivity contribution in [1.29, 1.82) is 0 Å². The van der Waals surface area contributed by atoms with Crippen LogP contribution in [0.4, 0.5) is 0 Å². The van der Waals surface area contributed by atoms with Crippen LogP contribution in [0.5, 0.6) is 0 Å². The van der Waals surface area contributed by atoms with Crippen molar-refractivity contribution >= 4 is 5.91 Å². The molecule has 0 aromatic carbocycles. The largest absolute Gasteiger partial charge is 0.394 e. The first-order valence-electron chi connectivity index (χ1n) is 26.9. The highest BCUT2D eigenvalue weighted by Gasteiger charge is 2.44. The predicted octanol–water partition coefficient (Wildman–Crippen LogP) is 12.8. The minimum absolute atomic E-state index is 0.145. The summed E-state index contributed by atoms with van der Waals surface area (Å²) in [5.74, 6) is -0.156. The highest BCUT2D eigenvalue weighted by atomic mass is 16.7. The van der Waals surface area contributed by atoms with Gasteiger partial charge in [0, 0.05) is 6.42 Å². The summed E-state index contributed by atoms with van der Waals surface area (Å²) in [5, 5.41) is 54.3. The van der Waals surface area contributed by atoms with Crippen molar-refractivity contribution in [3.05, 3.63) is 97.2 Å². The molecule has 67 heavy (non-hydrogen) atoms. The second-order valence-electron chi connectivity index (χ2n) is 18.3. The van der Waals surface area contributed by atoms with Gasteiger partial charge in [0.25, 0.3) is 0 Å². The zero-order valence-electron chi connectivity index (χ0n) is 42.4. The van der Waals surface area contributed by atoms with Crippen molar-refractivity contribution in [3.8, 4) is 0 Å². The van der Waals surface area contributed by atoms with Crippen LogP contribution in [0, 0.1) is 0 Å². The Balaban J connectivity index is 2.13. The van der Waals surface area contributed by atoms with Gasteiger partial charge in [-0.05, 0) is 77.0 Å². The third-order valence-electron chi connectivity index (χ3n) is 12.2. The van der Waals surface area contributed by atoms with E-state index in [9.17, 15) is 30.3 Å². The van der Waals surface area contributed by atoms with Gasteiger partial charge in [-0.25, -0.2) is 0 Å². The molecular weight excluding hydrogens is 839 g/mol. The molecule has 0 bridgehead atoms. The third-order valence-corrected chi connectivity index (χ3v) is 12.2. The average molecular weight is 938 g/mol. The molecule has 9 nitrogen and oxygen atoms in total. The topological polar surface area (TPSA) is 149 Å². The van der Waals surface area contributed by atoms with Crippen LogP contribution in [0.1, 0.15) is 206 Å². The summed E-state index contributed by atoms with van der Waals surface area (Å²) in [4.78, 5) is 13.0. The van der Waals surface area contributed by atoms with E-state index in [1.165, 1.54) is 83.5 Å². The summed E-state index contributed by atoms with van der Waals surface area (Å²) in [6.45, 7) is 3.68. The lowest BCUT2D eigenvalue weighted by molar-refractivity contribution is -0.302. The number of aliphatic hydroxyl groups excluding tert-OH is 5. The fourth-order valence-corrected chi connectivity index (χ4v) is 7.94. The van der Waals surface area contributed by atoms with E-state index in [-0.39, 0.29) is 12.5 Å². The molecule has 0 saturated carbocycles. The van der Waals surface area contributed by atoms with E-state index in [4.69, 9.17) is 9.47 Å². The smallest absolute Gasteiger partial charge is 0.220 e. The van der Waals surface area contributed by atoms with Crippen LogP contribution >= 0.6 is 0 Å². The molecule has 7 unspecified atom stereocenters. The number of rotatable bonds is 44. The van der Waals surface area contributed by atoms with E-state index in [0.717, 1.165) is 96.3 Å². The second kappa shape index (κ2) is 46.8. The summed E-state index contributed by atoms with van der Waals surface area (Å²) in [5.41, 5.74) is 0. The molecule has 9 heteroatoms. The molecule has 1 fully saturated rings. The third kappa shape index (κ3) is 36.7. The molecule has 0 aromatic rings. The van der Waals surface area contributed by atoms with E-state index in [0.29, 0.717) is 12.8 Å². The Hall–Kier alpha value is -2.89. The molecule has 0 radical (unpaired) electrons. The predicted molar refractivity (Wildman–Crippen MR) is 281 cm³/mol. The lowest BCUT2D eigenvalue weighted by atomic mass is 9.99. The SMILES string of the molecule is CC/C=C\C/C=C\C/C=C\C/C=C\C/C=C\C/C=C\C/C=C\C/C=C\CCCCCCCCCCCCC(=O)NC(COC1OC(CO)C(O)C(O)C1O)C(O)CCCCCCCCCCC. The molecular formula is C58H99NO8. The first-order valence-corrected chi connectivity index (χ1v) is 26.9. The minimum Gasteiger partial charge on any atom is -0.394 e. The van der Waals surface area contributed by atoms with Gasteiger partial charge in [-0.15, -0.1) is 0 Å². The number of ether oxygens (including phenoxy) is 2. The summed E-state index contributed by atoms with van der Waals surface area (Å²) in [6.07, 6.45) is 60.2. The first kappa shape index (κ1) is 62.1. The lowest BCUT2D eigenvalue weighted by Gasteiger charge is -2.40. The Morgan fingerprint density at radius 3 is 1.37 bits per heavy atom. The van der Waals surface area contributed by atoms with Crippen molar-refractivity contribution in [1.82, 2.24) is 5.32 Å². The van der Waals surface area contributed by atoms with Gasteiger partial charge in [0.05, 0.1) is 25.4 Å². The van der Waals surface area contributed by atoms with Crippen LogP contribution < -0.4 is 5.32 Å². The summed E-state index contributed by atoms with van der Waals surface area (Å²) < 4.78 is 11.2. The van der Waals surface area contributed by atoms with Crippen LogP contribution in [0.25, 0.3) is 0 Å². The maximum Gasteiger partial charge on any atom is 0.220 e. The number of amides is 1. The Morgan fingerprint density at radius 2 is 0.925 bits per heavy atom.